The van der Waals surface area contributed by atoms with Gasteiger partial charge >= 0.3 is 0 Å². The predicted octanol–water partition coefficient (Wildman–Crippen LogP) is 1.84. The number of nitrogens with zero attached hydrogens (tertiary/aromatic N) is 1. The first-order valence-electron chi connectivity index (χ1n) is 4.35. The number of phenols is 1. The lowest BCUT2D eigenvalue weighted by Crippen LogP contribution is -2.03. The lowest BCUT2D eigenvalue weighted by Gasteiger charge is -1.93. The molecule has 0 amide bonds. The number of phenolic OH excluding ortho intramolecular Hbond substituents is 1. The molecule has 0 saturated carbocycles. The van der Waals surface area contributed by atoms with Crippen LogP contribution in [0.3, 0.4) is 0 Å². The average Bonchev–Trinajstić information content (AvgIpc) is 2.59. The second-order valence-electron chi connectivity index (χ2n) is 3.16. The van der Waals surface area contributed by atoms with Gasteiger partial charge in [0.25, 0.3) is 5.56 Å². The van der Waals surface area contributed by atoms with Crippen molar-refractivity contribution in [2.75, 3.05) is 0 Å². The summed E-state index contributed by atoms with van der Waals surface area (Å²) in [5, 5.41) is 10.4. The summed E-state index contributed by atoms with van der Waals surface area (Å²) >= 11 is 1.34. The first kappa shape index (κ1) is 8.43. The molecule has 15 heavy (non-hydrogen) atoms. The van der Waals surface area contributed by atoms with Gasteiger partial charge in [-0.25, -0.2) is 4.98 Å². The SMILES string of the molecule is O=c1[nH]cnc2c1sc1cccc(O)c12. The highest BCUT2D eigenvalue weighted by Gasteiger charge is 2.11. The summed E-state index contributed by atoms with van der Waals surface area (Å²) in [5.41, 5.74) is 0.400. The van der Waals surface area contributed by atoms with E-state index in [1.807, 2.05) is 6.07 Å². The Labute approximate surface area is 87.8 Å². The maximum Gasteiger partial charge on any atom is 0.268 e. The molecule has 3 aromatic rings. The van der Waals surface area contributed by atoms with E-state index in [1.54, 1.807) is 12.1 Å². The quantitative estimate of drug-likeness (QED) is 0.605. The molecule has 0 spiro atoms. The lowest BCUT2D eigenvalue weighted by molar-refractivity contribution is 0.482. The molecule has 0 atom stereocenters. The molecule has 74 valence electrons. The zero-order valence-electron chi connectivity index (χ0n) is 7.52. The van der Waals surface area contributed by atoms with Gasteiger partial charge in [0, 0.05) is 4.70 Å². The first-order chi connectivity index (χ1) is 7.27. The molecule has 2 N–H and O–H groups in total. The summed E-state index contributed by atoms with van der Waals surface area (Å²) in [4.78, 5) is 18.1. The van der Waals surface area contributed by atoms with Gasteiger partial charge in [0.1, 0.15) is 10.4 Å². The Morgan fingerprint density at radius 3 is 3.13 bits per heavy atom. The van der Waals surface area contributed by atoms with Gasteiger partial charge in [0.15, 0.2) is 0 Å². The van der Waals surface area contributed by atoms with Crippen LogP contribution in [0.1, 0.15) is 0 Å². The molecular weight excluding hydrogens is 212 g/mol. The molecular formula is C10H6N2O2S. The topological polar surface area (TPSA) is 66.0 Å². The average molecular weight is 218 g/mol. The minimum absolute atomic E-state index is 0.164. The van der Waals surface area contributed by atoms with Crippen LogP contribution in [0.5, 0.6) is 5.75 Å². The molecule has 5 heteroatoms. The zero-order chi connectivity index (χ0) is 10.4. The van der Waals surface area contributed by atoms with Gasteiger partial charge in [-0.15, -0.1) is 11.3 Å². The van der Waals surface area contributed by atoms with E-state index in [2.05, 4.69) is 9.97 Å². The van der Waals surface area contributed by atoms with Crippen LogP contribution in [0.2, 0.25) is 0 Å². The molecule has 0 aliphatic carbocycles. The Morgan fingerprint density at radius 2 is 2.27 bits per heavy atom. The van der Waals surface area contributed by atoms with Crippen molar-refractivity contribution in [1.82, 2.24) is 9.97 Å². The minimum Gasteiger partial charge on any atom is -0.507 e. The molecule has 4 nitrogen and oxygen atoms in total. The van der Waals surface area contributed by atoms with Crippen molar-refractivity contribution < 1.29 is 5.11 Å². The van der Waals surface area contributed by atoms with Crippen molar-refractivity contribution in [3.05, 3.63) is 34.9 Å². The van der Waals surface area contributed by atoms with E-state index >= 15 is 0 Å². The fraction of sp³-hybridized carbons (Fsp3) is 0. The fourth-order valence-electron chi connectivity index (χ4n) is 1.61. The molecule has 2 heterocycles. The summed E-state index contributed by atoms with van der Waals surface area (Å²) in [5.74, 6) is 0.164. The van der Waals surface area contributed by atoms with Crippen LogP contribution in [0.4, 0.5) is 0 Å². The first-order valence-corrected chi connectivity index (χ1v) is 5.17. The number of nitrogens with one attached hydrogen (secondary N) is 1. The smallest absolute Gasteiger partial charge is 0.268 e. The number of aromatic nitrogens is 2. The number of benzene rings is 1. The van der Waals surface area contributed by atoms with Gasteiger partial charge in [0.05, 0.1) is 17.2 Å². The summed E-state index contributed by atoms with van der Waals surface area (Å²) in [6, 6.07) is 5.21. The summed E-state index contributed by atoms with van der Waals surface area (Å²) in [7, 11) is 0. The van der Waals surface area contributed by atoms with Crippen LogP contribution < -0.4 is 5.56 Å². The van der Waals surface area contributed by atoms with Crippen molar-refractivity contribution in [1.29, 1.82) is 0 Å². The number of hydrogen-bond acceptors (Lipinski definition) is 4. The Hall–Kier alpha value is -1.88. The van der Waals surface area contributed by atoms with Crippen molar-refractivity contribution in [2.24, 2.45) is 0 Å². The molecule has 0 saturated heterocycles. The molecule has 1 aromatic carbocycles. The van der Waals surface area contributed by atoms with E-state index in [-0.39, 0.29) is 11.3 Å². The van der Waals surface area contributed by atoms with Crippen molar-refractivity contribution >= 4 is 31.6 Å². The maximum absolute atomic E-state index is 11.5. The third-order valence-corrected chi connectivity index (χ3v) is 3.41. The molecule has 3 rings (SSSR count). The number of aromatic hydroxyl groups is 1. The van der Waals surface area contributed by atoms with Gasteiger partial charge in [-0.3, -0.25) is 4.79 Å². The van der Waals surface area contributed by atoms with Gasteiger partial charge in [-0.2, -0.15) is 0 Å². The van der Waals surface area contributed by atoms with Crippen LogP contribution in [0.15, 0.2) is 29.3 Å². The normalized spacial score (nSPS) is 11.2. The summed E-state index contributed by atoms with van der Waals surface area (Å²) in [6.45, 7) is 0. The Kier molecular flexibility index (Phi) is 1.58. The number of fused-ring (bicyclic) bond motifs is 3. The number of H-pyrrole nitrogens is 1. The molecule has 0 fully saturated rings. The molecule has 2 aromatic heterocycles. The Morgan fingerprint density at radius 1 is 1.40 bits per heavy atom. The van der Waals surface area contributed by atoms with E-state index in [9.17, 15) is 9.90 Å². The molecule has 0 unspecified atom stereocenters. The third-order valence-electron chi connectivity index (χ3n) is 2.26. The van der Waals surface area contributed by atoms with Gasteiger partial charge < -0.3 is 10.1 Å². The van der Waals surface area contributed by atoms with Crippen molar-refractivity contribution in [3.8, 4) is 5.75 Å². The van der Waals surface area contributed by atoms with Gasteiger partial charge in [-0.1, -0.05) is 6.07 Å². The van der Waals surface area contributed by atoms with Crippen LogP contribution in [-0.2, 0) is 0 Å². The van der Waals surface area contributed by atoms with Crippen molar-refractivity contribution in [2.45, 2.75) is 0 Å². The third kappa shape index (κ3) is 1.07. The number of aromatic amines is 1. The number of thiophene rings is 1. The van der Waals surface area contributed by atoms with Crippen LogP contribution in [0.25, 0.3) is 20.3 Å². The molecule has 0 aliphatic rings. The highest BCUT2D eigenvalue weighted by molar-refractivity contribution is 7.25. The van der Waals surface area contributed by atoms with Crippen molar-refractivity contribution in [3.63, 3.8) is 0 Å². The second-order valence-corrected chi connectivity index (χ2v) is 4.21. The molecule has 0 aliphatic heterocycles. The summed E-state index contributed by atoms with van der Waals surface area (Å²) in [6.07, 6.45) is 1.35. The highest BCUT2D eigenvalue weighted by atomic mass is 32.1. The number of rotatable bonds is 0. The van der Waals surface area contributed by atoms with Gasteiger partial charge in [-0.05, 0) is 12.1 Å². The number of hydrogen-bond donors (Lipinski definition) is 2. The standard InChI is InChI=1S/C10H6N2O2S/c13-5-2-1-3-6-7(5)8-9(15-6)10(14)12-4-11-8/h1-4,13H,(H,11,12,14). The van der Waals surface area contributed by atoms with E-state index in [0.29, 0.717) is 15.6 Å². The van der Waals surface area contributed by atoms with E-state index in [1.165, 1.54) is 17.7 Å². The van der Waals surface area contributed by atoms with E-state index < -0.39 is 0 Å². The monoisotopic (exact) mass is 218 g/mol. The lowest BCUT2D eigenvalue weighted by atomic mass is 10.2. The van der Waals surface area contributed by atoms with Crippen LogP contribution in [-0.4, -0.2) is 15.1 Å². The summed E-state index contributed by atoms with van der Waals surface area (Å²) < 4.78 is 1.42. The van der Waals surface area contributed by atoms with E-state index in [0.717, 1.165) is 4.70 Å². The largest absolute Gasteiger partial charge is 0.507 e. The van der Waals surface area contributed by atoms with E-state index in [4.69, 9.17) is 0 Å². The fourth-order valence-corrected chi connectivity index (χ4v) is 2.69. The highest BCUT2D eigenvalue weighted by Crippen LogP contribution is 2.35. The Bertz CT molecular complexity index is 714. The Balaban J connectivity index is 2.71. The zero-order valence-corrected chi connectivity index (χ0v) is 8.34. The minimum atomic E-state index is -0.166. The predicted molar refractivity (Wildman–Crippen MR) is 59.4 cm³/mol. The second kappa shape index (κ2) is 2.80. The maximum atomic E-state index is 11.5. The van der Waals surface area contributed by atoms with Crippen LogP contribution >= 0.6 is 11.3 Å². The molecule has 0 radical (unpaired) electrons. The van der Waals surface area contributed by atoms with Crippen LogP contribution in [0, 0.1) is 0 Å². The van der Waals surface area contributed by atoms with Gasteiger partial charge in [0.2, 0.25) is 0 Å². The molecule has 0 bridgehead atoms.